The van der Waals surface area contributed by atoms with Crippen molar-refractivity contribution in [1.82, 2.24) is 4.90 Å². The van der Waals surface area contributed by atoms with Crippen molar-refractivity contribution in [3.63, 3.8) is 0 Å². The molecule has 0 atom stereocenters. The Balaban J connectivity index is 2.14. The number of nitrogen functional groups attached to an aromatic ring is 1. The van der Waals surface area contributed by atoms with Crippen LogP contribution in [0.1, 0.15) is 36.5 Å². The topological polar surface area (TPSA) is 79.3 Å². The number of benzene rings is 1. The third-order valence-electron chi connectivity index (χ3n) is 3.27. The molecule has 1 saturated carbocycles. The minimum Gasteiger partial charge on any atom is -0.492 e. The summed E-state index contributed by atoms with van der Waals surface area (Å²) in [6, 6.07) is 7.47. The van der Waals surface area contributed by atoms with E-state index in [4.69, 9.17) is 15.7 Å². The van der Waals surface area contributed by atoms with Crippen LogP contribution in [-0.4, -0.2) is 30.0 Å². The largest absolute Gasteiger partial charge is 0.492 e. The van der Waals surface area contributed by atoms with Crippen LogP contribution in [0.15, 0.2) is 18.2 Å². The Hall–Kier alpha value is -2.22. The van der Waals surface area contributed by atoms with Crippen LogP contribution in [0, 0.1) is 11.3 Å². The third kappa shape index (κ3) is 3.21. The quantitative estimate of drug-likeness (QED) is 0.806. The molecule has 2 rings (SSSR count). The molecular weight excluding hydrogens is 254 g/mol. The molecule has 0 aromatic heterocycles. The lowest BCUT2D eigenvalue weighted by Crippen LogP contribution is -2.33. The molecular formula is C15H19N3O2. The molecule has 1 aromatic carbocycles. The summed E-state index contributed by atoms with van der Waals surface area (Å²) in [4.78, 5) is 14.2. The van der Waals surface area contributed by atoms with Crippen molar-refractivity contribution < 1.29 is 9.53 Å². The molecule has 1 aliphatic rings. The summed E-state index contributed by atoms with van der Waals surface area (Å²) in [5.41, 5.74) is 6.91. The van der Waals surface area contributed by atoms with Gasteiger partial charge in [0.25, 0.3) is 5.91 Å². The van der Waals surface area contributed by atoms with Crippen molar-refractivity contribution in [2.45, 2.75) is 32.2 Å². The Morgan fingerprint density at radius 1 is 1.55 bits per heavy atom. The van der Waals surface area contributed by atoms with E-state index in [2.05, 4.69) is 6.07 Å². The van der Waals surface area contributed by atoms with E-state index in [-0.39, 0.29) is 11.9 Å². The fourth-order valence-electron chi connectivity index (χ4n) is 2.14. The van der Waals surface area contributed by atoms with Crippen molar-refractivity contribution in [2.24, 2.45) is 0 Å². The number of nitrogens with two attached hydrogens (primary N) is 1. The summed E-state index contributed by atoms with van der Waals surface area (Å²) >= 11 is 0. The lowest BCUT2D eigenvalue weighted by molar-refractivity contribution is 0.0747. The molecule has 20 heavy (non-hydrogen) atoms. The van der Waals surface area contributed by atoms with Crippen molar-refractivity contribution >= 4 is 11.6 Å². The van der Waals surface area contributed by atoms with Gasteiger partial charge in [-0.1, -0.05) is 0 Å². The lowest BCUT2D eigenvalue weighted by atomic mass is 10.1. The highest BCUT2D eigenvalue weighted by Gasteiger charge is 2.32. The molecule has 106 valence electrons. The molecule has 0 unspecified atom stereocenters. The summed E-state index contributed by atoms with van der Waals surface area (Å²) in [7, 11) is 0. The minimum atomic E-state index is -0.0579. The molecule has 0 spiro atoms. The smallest absolute Gasteiger partial charge is 0.254 e. The number of nitriles is 1. The summed E-state index contributed by atoms with van der Waals surface area (Å²) in [6.45, 7) is 2.90. The van der Waals surface area contributed by atoms with Crippen molar-refractivity contribution in [3.8, 4) is 11.8 Å². The van der Waals surface area contributed by atoms with E-state index >= 15 is 0 Å². The van der Waals surface area contributed by atoms with Crippen LogP contribution in [0.3, 0.4) is 0 Å². The average molecular weight is 273 g/mol. The minimum absolute atomic E-state index is 0.0579. The molecule has 1 aliphatic carbocycles. The molecule has 0 bridgehead atoms. The molecule has 1 amide bonds. The highest BCUT2D eigenvalue weighted by atomic mass is 16.5. The fourth-order valence-corrected chi connectivity index (χ4v) is 2.14. The number of carbonyl (C=O) groups excluding carboxylic acids is 1. The molecule has 1 fully saturated rings. The highest BCUT2D eigenvalue weighted by molar-refractivity contribution is 5.96. The van der Waals surface area contributed by atoms with Gasteiger partial charge in [-0.05, 0) is 38.0 Å². The number of ether oxygens (including phenoxy) is 1. The van der Waals surface area contributed by atoms with Crippen LogP contribution in [0.5, 0.6) is 5.75 Å². The van der Waals surface area contributed by atoms with Gasteiger partial charge in [-0.2, -0.15) is 5.26 Å². The molecule has 5 nitrogen and oxygen atoms in total. The van der Waals surface area contributed by atoms with E-state index in [0.717, 1.165) is 12.8 Å². The molecule has 2 N–H and O–H groups in total. The second-order valence-electron chi connectivity index (χ2n) is 4.82. The maximum Gasteiger partial charge on any atom is 0.254 e. The van der Waals surface area contributed by atoms with Gasteiger partial charge in [-0.3, -0.25) is 4.79 Å². The van der Waals surface area contributed by atoms with Crippen molar-refractivity contribution in [1.29, 1.82) is 5.26 Å². The van der Waals surface area contributed by atoms with Gasteiger partial charge in [0.05, 0.1) is 24.8 Å². The summed E-state index contributed by atoms with van der Waals surface area (Å²) < 4.78 is 5.36. The van der Waals surface area contributed by atoms with Crippen molar-refractivity contribution in [2.75, 3.05) is 18.9 Å². The van der Waals surface area contributed by atoms with Crippen LogP contribution in [0.2, 0.25) is 0 Å². The van der Waals surface area contributed by atoms with Gasteiger partial charge >= 0.3 is 0 Å². The first-order chi connectivity index (χ1) is 9.67. The maximum atomic E-state index is 12.5. The number of nitrogens with zero attached hydrogens (tertiary/aromatic N) is 2. The first-order valence-corrected chi connectivity index (χ1v) is 6.87. The number of carbonyl (C=O) groups is 1. The Kier molecular flexibility index (Phi) is 4.46. The number of hydrogen-bond donors (Lipinski definition) is 1. The van der Waals surface area contributed by atoms with Crippen LogP contribution in [0.25, 0.3) is 0 Å². The zero-order valence-electron chi connectivity index (χ0n) is 11.6. The lowest BCUT2D eigenvalue weighted by Gasteiger charge is -2.21. The third-order valence-corrected chi connectivity index (χ3v) is 3.27. The first-order valence-electron chi connectivity index (χ1n) is 6.87. The number of rotatable bonds is 6. The Labute approximate surface area is 118 Å². The second-order valence-corrected chi connectivity index (χ2v) is 4.82. The van der Waals surface area contributed by atoms with Gasteiger partial charge in [0, 0.05) is 18.2 Å². The van der Waals surface area contributed by atoms with Gasteiger partial charge in [-0.25, -0.2) is 0 Å². The van der Waals surface area contributed by atoms with Gasteiger partial charge in [0.2, 0.25) is 0 Å². The predicted molar refractivity (Wildman–Crippen MR) is 76.3 cm³/mol. The standard InChI is InChI=1S/C15H19N3O2/c1-2-20-14-7-4-11(10-13(14)17)15(19)18(9-3-8-16)12-5-6-12/h4,7,10,12H,2-3,5-6,9,17H2,1H3. The second kappa shape index (κ2) is 6.29. The van der Waals surface area contributed by atoms with Crippen molar-refractivity contribution in [3.05, 3.63) is 23.8 Å². The normalized spacial score (nSPS) is 13.6. The van der Waals surface area contributed by atoms with E-state index < -0.39 is 0 Å². The van der Waals surface area contributed by atoms with Crippen LogP contribution in [0.4, 0.5) is 5.69 Å². The van der Waals surface area contributed by atoms with E-state index in [0.29, 0.717) is 36.6 Å². The summed E-state index contributed by atoms with van der Waals surface area (Å²) in [5.74, 6) is 0.538. The Morgan fingerprint density at radius 2 is 2.30 bits per heavy atom. The van der Waals surface area contributed by atoms with E-state index in [1.165, 1.54) is 0 Å². The number of anilines is 1. The number of hydrogen-bond acceptors (Lipinski definition) is 4. The van der Waals surface area contributed by atoms with E-state index in [9.17, 15) is 4.79 Å². The zero-order chi connectivity index (χ0) is 14.5. The molecule has 0 saturated heterocycles. The van der Waals surface area contributed by atoms with Crippen LogP contribution < -0.4 is 10.5 Å². The molecule has 0 aliphatic heterocycles. The summed E-state index contributed by atoms with van der Waals surface area (Å²) in [6.07, 6.45) is 2.39. The SMILES string of the molecule is CCOc1ccc(C(=O)N(CCC#N)C2CC2)cc1N. The molecule has 0 heterocycles. The van der Waals surface area contributed by atoms with Gasteiger partial charge in [0.15, 0.2) is 0 Å². The van der Waals surface area contributed by atoms with Crippen LogP contribution in [-0.2, 0) is 0 Å². The average Bonchev–Trinajstić information content (AvgIpc) is 3.26. The number of amides is 1. The summed E-state index contributed by atoms with van der Waals surface area (Å²) in [5, 5.41) is 8.68. The fraction of sp³-hybridized carbons (Fsp3) is 0.467. The van der Waals surface area contributed by atoms with Gasteiger partial charge < -0.3 is 15.4 Å². The van der Waals surface area contributed by atoms with Crippen LogP contribution >= 0.6 is 0 Å². The van der Waals surface area contributed by atoms with Gasteiger partial charge in [0.1, 0.15) is 5.75 Å². The first kappa shape index (κ1) is 14.2. The van der Waals surface area contributed by atoms with Gasteiger partial charge in [-0.15, -0.1) is 0 Å². The molecule has 0 radical (unpaired) electrons. The van der Waals surface area contributed by atoms with E-state index in [1.807, 2.05) is 6.92 Å². The maximum absolute atomic E-state index is 12.5. The zero-order valence-corrected chi connectivity index (χ0v) is 11.6. The molecule has 5 heteroatoms. The highest BCUT2D eigenvalue weighted by Crippen LogP contribution is 2.30. The Bertz CT molecular complexity index is 532. The predicted octanol–water partition coefficient (Wildman–Crippen LogP) is 2.19. The van der Waals surface area contributed by atoms with E-state index in [1.54, 1.807) is 23.1 Å². The molecule has 1 aromatic rings. The Morgan fingerprint density at radius 3 is 2.85 bits per heavy atom. The monoisotopic (exact) mass is 273 g/mol.